The molecule has 4 nitrogen and oxygen atoms in total. The molecule has 0 saturated carbocycles. The summed E-state index contributed by atoms with van der Waals surface area (Å²) in [7, 11) is 4.90. The quantitative estimate of drug-likeness (QED) is 0.789. The van der Waals surface area contributed by atoms with Crippen LogP contribution in [-0.2, 0) is 4.79 Å². The van der Waals surface area contributed by atoms with Gasteiger partial charge in [0.15, 0.2) is 11.5 Å². The molecule has 0 unspecified atom stereocenters. The average Bonchev–Trinajstić information content (AvgIpc) is 2.60. The minimum Gasteiger partial charge on any atom is -0.493 e. The van der Waals surface area contributed by atoms with Crippen molar-refractivity contribution < 1.29 is 14.3 Å². The summed E-state index contributed by atoms with van der Waals surface area (Å²) in [6.45, 7) is 1.81. The van der Waals surface area contributed by atoms with E-state index in [0.717, 1.165) is 11.3 Å². The van der Waals surface area contributed by atoms with Gasteiger partial charge >= 0.3 is 0 Å². The molecule has 0 bridgehead atoms. The Morgan fingerprint density at radius 1 is 1.00 bits per heavy atom. The predicted octanol–water partition coefficient (Wildman–Crippen LogP) is 3.77. The van der Waals surface area contributed by atoms with E-state index in [2.05, 4.69) is 0 Å². The molecule has 0 saturated heterocycles. The molecule has 0 heterocycles. The smallest absolute Gasteiger partial charge is 0.253 e. The second-order valence-corrected chi connectivity index (χ2v) is 5.14. The van der Waals surface area contributed by atoms with E-state index in [9.17, 15) is 4.79 Å². The van der Waals surface area contributed by atoms with Gasteiger partial charge in [-0.3, -0.25) is 4.79 Å². The lowest BCUT2D eigenvalue weighted by Crippen LogP contribution is -2.26. The van der Waals surface area contributed by atoms with E-state index >= 15 is 0 Å². The van der Waals surface area contributed by atoms with E-state index in [1.165, 1.54) is 0 Å². The maximum atomic E-state index is 12.6. The Kier molecular flexibility index (Phi) is 5.41. The number of methoxy groups -OCH3 is 2. The summed E-state index contributed by atoms with van der Waals surface area (Å²) in [5, 5.41) is 0. The summed E-state index contributed by atoms with van der Waals surface area (Å²) in [6.07, 6.45) is 1.87. The van der Waals surface area contributed by atoms with E-state index in [1.54, 1.807) is 38.3 Å². The largest absolute Gasteiger partial charge is 0.493 e. The molecule has 1 amide bonds. The number of carbonyl (C=O) groups is 1. The van der Waals surface area contributed by atoms with Gasteiger partial charge in [0.05, 0.1) is 14.2 Å². The fourth-order valence-electron chi connectivity index (χ4n) is 2.28. The topological polar surface area (TPSA) is 38.8 Å². The summed E-state index contributed by atoms with van der Waals surface area (Å²) in [4.78, 5) is 14.2. The number of hydrogen-bond donors (Lipinski definition) is 0. The molecule has 2 aromatic rings. The van der Waals surface area contributed by atoms with Crippen LogP contribution < -0.4 is 14.4 Å². The molecule has 0 spiro atoms. The van der Waals surface area contributed by atoms with Gasteiger partial charge in [-0.2, -0.15) is 0 Å². The number of amides is 1. The number of anilines is 1. The van der Waals surface area contributed by atoms with Gasteiger partial charge in [-0.15, -0.1) is 0 Å². The van der Waals surface area contributed by atoms with Crippen LogP contribution in [0.5, 0.6) is 11.5 Å². The monoisotopic (exact) mass is 311 g/mol. The van der Waals surface area contributed by atoms with Crippen molar-refractivity contribution in [3.8, 4) is 11.5 Å². The number of ether oxygens (including phenoxy) is 2. The molecular weight excluding hydrogens is 290 g/mol. The normalized spacial score (nSPS) is 11.0. The molecule has 23 heavy (non-hydrogen) atoms. The van der Waals surface area contributed by atoms with Gasteiger partial charge in [-0.25, -0.2) is 0 Å². The number of benzene rings is 2. The van der Waals surface area contributed by atoms with Crippen molar-refractivity contribution in [1.29, 1.82) is 0 Å². The molecule has 0 aliphatic heterocycles. The van der Waals surface area contributed by atoms with Crippen LogP contribution in [0.2, 0.25) is 0 Å². The lowest BCUT2D eigenvalue weighted by atomic mass is 10.1. The van der Waals surface area contributed by atoms with E-state index in [0.29, 0.717) is 17.1 Å². The molecule has 0 aromatic heterocycles. The molecule has 0 atom stereocenters. The SMILES string of the molecule is COc1ccc(N(C)C(=O)/C(C)=C/c2ccccc2)cc1OC. The Morgan fingerprint density at radius 2 is 1.65 bits per heavy atom. The molecular formula is C19H21NO3. The number of rotatable bonds is 5. The fourth-order valence-corrected chi connectivity index (χ4v) is 2.28. The van der Waals surface area contributed by atoms with Crippen LogP contribution in [0.4, 0.5) is 5.69 Å². The Labute approximate surface area is 137 Å². The van der Waals surface area contributed by atoms with E-state index < -0.39 is 0 Å². The van der Waals surface area contributed by atoms with Crippen molar-refractivity contribution in [2.75, 3.05) is 26.2 Å². The number of carbonyl (C=O) groups excluding carboxylic acids is 1. The Morgan fingerprint density at radius 3 is 2.26 bits per heavy atom. The predicted molar refractivity (Wildman–Crippen MR) is 93.0 cm³/mol. The van der Waals surface area contributed by atoms with Crippen LogP contribution in [0.1, 0.15) is 12.5 Å². The molecule has 4 heteroatoms. The molecule has 0 aliphatic carbocycles. The van der Waals surface area contributed by atoms with Crippen LogP contribution in [0, 0.1) is 0 Å². The zero-order valence-corrected chi connectivity index (χ0v) is 13.9. The lowest BCUT2D eigenvalue weighted by Gasteiger charge is -2.19. The summed E-state index contributed by atoms with van der Waals surface area (Å²) in [5.74, 6) is 1.16. The first-order valence-corrected chi connectivity index (χ1v) is 7.30. The van der Waals surface area contributed by atoms with E-state index in [4.69, 9.17) is 9.47 Å². The standard InChI is InChI=1S/C19H21NO3/c1-14(12-15-8-6-5-7-9-15)19(21)20(2)16-10-11-17(22-3)18(13-16)23-4/h5-13H,1-4H3/b14-12+. The highest BCUT2D eigenvalue weighted by molar-refractivity contribution is 6.07. The van der Waals surface area contributed by atoms with Gasteiger partial charge in [0.25, 0.3) is 5.91 Å². The first kappa shape index (κ1) is 16.6. The number of hydrogen-bond acceptors (Lipinski definition) is 3. The molecule has 2 rings (SSSR count). The first-order valence-electron chi connectivity index (χ1n) is 7.30. The van der Waals surface area contributed by atoms with Crippen LogP contribution in [0.25, 0.3) is 6.08 Å². The van der Waals surface area contributed by atoms with Gasteiger partial charge in [-0.1, -0.05) is 30.3 Å². The molecule has 0 aliphatic rings. The number of nitrogens with zero attached hydrogens (tertiary/aromatic N) is 1. The molecule has 0 radical (unpaired) electrons. The van der Waals surface area contributed by atoms with Crippen LogP contribution in [0.15, 0.2) is 54.1 Å². The van der Waals surface area contributed by atoms with Gasteiger partial charge in [0.2, 0.25) is 0 Å². The maximum Gasteiger partial charge on any atom is 0.253 e. The Hall–Kier alpha value is -2.75. The van der Waals surface area contributed by atoms with E-state index in [-0.39, 0.29) is 5.91 Å². The second-order valence-electron chi connectivity index (χ2n) is 5.14. The zero-order valence-electron chi connectivity index (χ0n) is 13.9. The lowest BCUT2D eigenvalue weighted by molar-refractivity contribution is -0.114. The highest BCUT2D eigenvalue weighted by Gasteiger charge is 2.15. The van der Waals surface area contributed by atoms with Crippen molar-refractivity contribution in [3.63, 3.8) is 0 Å². The third-order valence-corrected chi connectivity index (χ3v) is 3.58. The Bertz CT molecular complexity index is 708. The Balaban J connectivity index is 2.24. The summed E-state index contributed by atoms with van der Waals surface area (Å²) in [5.41, 5.74) is 2.40. The molecule has 2 aromatic carbocycles. The maximum absolute atomic E-state index is 12.6. The fraction of sp³-hybridized carbons (Fsp3) is 0.211. The number of likely N-dealkylation sites (N-methyl/N-ethyl adjacent to an activating group) is 1. The van der Waals surface area contributed by atoms with Crippen molar-refractivity contribution in [1.82, 2.24) is 0 Å². The molecule has 0 fully saturated rings. The van der Waals surface area contributed by atoms with Crippen molar-refractivity contribution in [3.05, 3.63) is 59.7 Å². The van der Waals surface area contributed by atoms with Crippen molar-refractivity contribution in [2.24, 2.45) is 0 Å². The van der Waals surface area contributed by atoms with Crippen LogP contribution in [0.3, 0.4) is 0 Å². The minimum atomic E-state index is -0.0685. The summed E-state index contributed by atoms with van der Waals surface area (Å²) < 4.78 is 10.5. The summed E-state index contributed by atoms with van der Waals surface area (Å²) >= 11 is 0. The van der Waals surface area contributed by atoms with Crippen LogP contribution >= 0.6 is 0 Å². The van der Waals surface area contributed by atoms with Crippen molar-refractivity contribution >= 4 is 17.7 Å². The van der Waals surface area contributed by atoms with Crippen LogP contribution in [-0.4, -0.2) is 27.2 Å². The van der Waals surface area contributed by atoms with Gasteiger partial charge in [0.1, 0.15) is 0 Å². The molecule has 0 N–H and O–H groups in total. The van der Waals surface area contributed by atoms with Crippen molar-refractivity contribution in [2.45, 2.75) is 6.92 Å². The van der Waals surface area contributed by atoms with Gasteiger partial charge in [0, 0.05) is 24.4 Å². The van der Waals surface area contributed by atoms with Gasteiger partial charge in [-0.05, 0) is 30.7 Å². The summed E-state index contributed by atoms with van der Waals surface area (Å²) in [6, 6.07) is 15.2. The highest BCUT2D eigenvalue weighted by Crippen LogP contribution is 2.31. The van der Waals surface area contributed by atoms with Gasteiger partial charge < -0.3 is 14.4 Å². The first-order chi connectivity index (χ1) is 11.1. The van der Waals surface area contributed by atoms with E-state index in [1.807, 2.05) is 49.4 Å². The third-order valence-electron chi connectivity index (χ3n) is 3.58. The molecule has 120 valence electrons. The minimum absolute atomic E-state index is 0.0685. The second kappa shape index (κ2) is 7.49. The zero-order chi connectivity index (χ0) is 16.8. The average molecular weight is 311 g/mol. The highest BCUT2D eigenvalue weighted by atomic mass is 16.5. The third kappa shape index (κ3) is 3.92.